The Morgan fingerprint density at radius 1 is 1.32 bits per heavy atom. The standard InChI is InChI=1S/C15H28N2O2/c1-4-7-17(10-15(2,3)14(18)19)13-8-11-5-6-12(9-13)16-11/h11-13,16H,4-10H2,1-3H3,(H,18,19). The minimum Gasteiger partial charge on any atom is -0.481 e. The van der Waals surface area contributed by atoms with Gasteiger partial charge >= 0.3 is 5.97 Å². The van der Waals surface area contributed by atoms with E-state index in [-0.39, 0.29) is 0 Å². The Labute approximate surface area is 116 Å². The number of nitrogens with zero attached hydrogens (tertiary/aromatic N) is 1. The number of rotatable bonds is 6. The van der Waals surface area contributed by atoms with Gasteiger partial charge < -0.3 is 10.4 Å². The molecule has 0 spiro atoms. The molecule has 0 aromatic heterocycles. The maximum absolute atomic E-state index is 11.3. The van der Waals surface area contributed by atoms with Crippen molar-refractivity contribution in [3.63, 3.8) is 0 Å². The van der Waals surface area contributed by atoms with Gasteiger partial charge in [0.05, 0.1) is 5.41 Å². The van der Waals surface area contributed by atoms with E-state index >= 15 is 0 Å². The number of piperidine rings is 1. The van der Waals surface area contributed by atoms with Crippen LogP contribution in [0.3, 0.4) is 0 Å². The van der Waals surface area contributed by atoms with Gasteiger partial charge in [-0.1, -0.05) is 6.92 Å². The number of carboxylic acids is 1. The van der Waals surface area contributed by atoms with Crippen molar-refractivity contribution >= 4 is 5.97 Å². The van der Waals surface area contributed by atoms with Crippen molar-refractivity contribution in [1.29, 1.82) is 0 Å². The predicted octanol–water partition coefficient (Wildman–Crippen LogP) is 2.09. The summed E-state index contributed by atoms with van der Waals surface area (Å²) in [6, 6.07) is 1.89. The lowest BCUT2D eigenvalue weighted by atomic mass is 9.90. The molecular formula is C15H28N2O2. The van der Waals surface area contributed by atoms with Crippen LogP contribution in [-0.4, -0.2) is 47.2 Å². The Balaban J connectivity index is 2.01. The van der Waals surface area contributed by atoms with E-state index in [9.17, 15) is 9.90 Å². The summed E-state index contributed by atoms with van der Waals surface area (Å²) >= 11 is 0. The maximum Gasteiger partial charge on any atom is 0.310 e. The van der Waals surface area contributed by atoms with Gasteiger partial charge in [0, 0.05) is 24.7 Å². The molecule has 0 aromatic rings. The van der Waals surface area contributed by atoms with Crippen LogP contribution in [0.4, 0.5) is 0 Å². The molecule has 0 aromatic carbocycles. The molecule has 4 nitrogen and oxygen atoms in total. The Morgan fingerprint density at radius 2 is 1.89 bits per heavy atom. The number of fused-ring (bicyclic) bond motifs is 2. The van der Waals surface area contributed by atoms with E-state index in [2.05, 4.69) is 17.1 Å². The van der Waals surface area contributed by atoms with Gasteiger partial charge in [0.2, 0.25) is 0 Å². The van der Waals surface area contributed by atoms with Gasteiger partial charge in [-0.15, -0.1) is 0 Å². The van der Waals surface area contributed by atoms with Crippen LogP contribution in [0.2, 0.25) is 0 Å². The first-order chi connectivity index (χ1) is 8.92. The summed E-state index contributed by atoms with van der Waals surface area (Å²) in [5, 5.41) is 13.0. The molecule has 0 saturated carbocycles. The van der Waals surface area contributed by atoms with E-state index in [1.54, 1.807) is 0 Å². The lowest BCUT2D eigenvalue weighted by molar-refractivity contribution is -0.148. The van der Waals surface area contributed by atoms with Crippen molar-refractivity contribution in [2.75, 3.05) is 13.1 Å². The largest absolute Gasteiger partial charge is 0.481 e. The highest BCUT2D eigenvalue weighted by Crippen LogP contribution is 2.31. The zero-order valence-electron chi connectivity index (χ0n) is 12.5. The molecule has 2 aliphatic heterocycles. The van der Waals surface area contributed by atoms with Crippen LogP contribution in [0, 0.1) is 5.41 Å². The number of aliphatic carboxylic acids is 1. The first-order valence-corrected chi connectivity index (χ1v) is 7.66. The van der Waals surface area contributed by atoms with Crippen LogP contribution in [0.15, 0.2) is 0 Å². The highest BCUT2D eigenvalue weighted by atomic mass is 16.4. The molecule has 2 aliphatic rings. The summed E-state index contributed by atoms with van der Waals surface area (Å²) in [7, 11) is 0. The molecule has 0 amide bonds. The van der Waals surface area contributed by atoms with Crippen molar-refractivity contribution in [2.45, 2.75) is 71.0 Å². The monoisotopic (exact) mass is 268 g/mol. The molecule has 2 unspecified atom stereocenters. The third kappa shape index (κ3) is 3.48. The average Bonchev–Trinajstić information content (AvgIpc) is 2.67. The van der Waals surface area contributed by atoms with Crippen molar-refractivity contribution < 1.29 is 9.90 Å². The summed E-state index contributed by atoms with van der Waals surface area (Å²) in [6.07, 6.45) is 6.06. The quantitative estimate of drug-likeness (QED) is 0.774. The summed E-state index contributed by atoms with van der Waals surface area (Å²) in [4.78, 5) is 13.8. The molecule has 110 valence electrons. The summed E-state index contributed by atoms with van der Waals surface area (Å²) in [5.41, 5.74) is -0.654. The van der Waals surface area contributed by atoms with Crippen molar-refractivity contribution in [3.8, 4) is 0 Å². The van der Waals surface area contributed by atoms with E-state index < -0.39 is 11.4 Å². The highest BCUT2D eigenvalue weighted by molar-refractivity contribution is 5.73. The normalized spacial score (nSPS) is 30.8. The van der Waals surface area contributed by atoms with Crippen LogP contribution in [0.5, 0.6) is 0 Å². The zero-order valence-corrected chi connectivity index (χ0v) is 12.5. The molecule has 2 bridgehead atoms. The Kier molecular flexibility index (Phi) is 4.51. The van der Waals surface area contributed by atoms with E-state index in [4.69, 9.17) is 0 Å². The first-order valence-electron chi connectivity index (χ1n) is 7.66. The van der Waals surface area contributed by atoms with E-state index in [0.717, 1.165) is 13.0 Å². The minimum absolute atomic E-state index is 0.567. The third-order valence-corrected chi connectivity index (χ3v) is 4.65. The highest BCUT2D eigenvalue weighted by Gasteiger charge is 2.38. The molecule has 2 atom stereocenters. The Morgan fingerprint density at radius 3 is 2.37 bits per heavy atom. The fraction of sp³-hybridized carbons (Fsp3) is 0.933. The molecule has 0 radical (unpaired) electrons. The van der Waals surface area contributed by atoms with Gasteiger partial charge in [-0.2, -0.15) is 0 Å². The van der Waals surface area contributed by atoms with Gasteiger partial charge in [0.1, 0.15) is 0 Å². The van der Waals surface area contributed by atoms with Crippen LogP contribution < -0.4 is 5.32 Å². The number of hydrogen-bond donors (Lipinski definition) is 2. The second-order valence-electron chi connectivity index (χ2n) is 6.92. The van der Waals surface area contributed by atoms with Gasteiger partial charge in [0.25, 0.3) is 0 Å². The Hall–Kier alpha value is -0.610. The van der Waals surface area contributed by atoms with E-state index in [1.165, 1.54) is 25.7 Å². The van der Waals surface area contributed by atoms with Crippen LogP contribution in [-0.2, 0) is 4.79 Å². The molecule has 2 rings (SSSR count). The second kappa shape index (κ2) is 5.80. The van der Waals surface area contributed by atoms with Crippen LogP contribution >= 0.6 is 0 Å². The molecular weight excluding hydrogens is 240 g/mol. The Bertz CT molecular complexity index is 318. The van der Waals surface area contributed by atoms with Crippen molar-refractivity contribution in [1.82, 2.24) is 10.2 Å². The van der Waals surface area contributed by atoms with E-state index in [0.29, 0.717) is 24.7 Å². The van der Waals surface area contributed by atoms with E-state index in [1.807, 2.05) is 13.8 Å². The maximum atomic E-state index is 11.3. The lowest BCUT2D eigenvalue weighted by Gasteiger charge is -2.40. The van der Waals surface area contributed by atoms with Gasteiger partial charge in [0.15, 0.2) is 0 Å². The minimum atomic E-state index is -0.689. The predicted molar refractivity (Wildman–Crippen MR) is 76.2 cm³/mol. The topological polar surface area (TPSA) is 52.6 Å². The first kappa shape index (κ1) is 14.8. The van der Waals surface area contributed by atoms with Crippen molar-refractivity contribution in [2.24, 2.45) is 5.41 Å². The summed E-state index contributed by atoms with van der Waals surface area (Å²) in [5.74, 6) is -0.689. The number of nitrogens with one attached hydrogen (secondary N) is 1. The van der Waals surface area contributed by atoms with Crippen molar-refractivity contribution in [3.05, 3.63) is 0 Å². The third-order valence-electron chi connectivity index (χ3n) is 4.65. The second-order valence-corrected chi connectivity index (χ2v) is 6.92. The molecule has 2 saturated heterocycles. The van der Waals surface area contributed by atoms with Gasteiger partial charge in [-0.05, 0) is 52.5 Å². The van der Waals surface area contributed by atoms with Gasteiger partial charge in [-0.3, -0.25) is 9.69 Å². The zero-order chi connectivity index (χ0) is 14.0. The number of hydrogen-bond acceptors (Lipinski definition) is 3. The average molecular weight is 268 g/mol. The van der Waals surface area contributed by atoms with Gasteiger partial charge in [-0.25, -0.2) is 0 Å². The lowest BCUT2D eigenvalue weighted by Crippen LogP contribution is -2.51. The fourth-order valence-electron chi connectivity index (χ4n) is 3.58. The molecule has 2 N–H and O–H groups in total. The van der Waals surface area contributed by atoms with Crippen LogP contribution in [0.1, 0.15) is 52.9 Å². The molecule has 2 fully saturated rings. The molecule has 19 heavy (non-hydrogen) atoms. The smallest absolute Gasteiger partial charge is 0.310 e. The number of carbonyl (C=O) groups is 1. The SMILES string of the molecule is CCCN(CC(C)(C)C(=O)O)C1CC2CCC(C1)N2. The number of carboxylic acid groups (broad SMARTS) is 1. The summed E-state index contributed by atoms with van der Waals surface area (Å²) in [6.45, 7) is 7.54. The summed E-state index contributed by atoms with van der Waals surface area (Å²) < 4.78 is 0. The molecule has 0 aliphatic carbocycles. The molecule has 2 heterocycles. The van der Waals surface area contributed by atoms with Crippen LogP contribution in [0.25, 0.3) is 0 Å². The fourth-order valence-corrected chi connectivity index (χ4v) is 3.58. The molecule has 4 heteroatoms.